The molecule has 2 rings (SSSR count). The molecule has 0 aromatic heterocycles. The molecule has 0 radical (unpaired) electrons. The Labute approximate surface area is 89.4 Å². The summed E-state index contributed by atoms with van der Waals surface area (Å²) in [4.78, 5) is 11.1. The predicted molar refractivity (Wildman–Crippen MR) is 58.0 cm³/mol. The molecule has 15 heavy (non-hydrogen) atoms. The molecule has 1 N–H and O–H groups in total. The van der Waals surface area contributed by atoms with Crippen molar-refractivity contribution in [1.82, 2.24) is 5.32 Å². The molecule has 1 fully saturated rings. The highest BCUT2D eigenvalue weighted by molar-refractivity contribution is 5.94. The topological polar surface area (TPSA) is 38.3 Å². The predicted octanol–water partition coefficient (Wildman–Crippen LogP) is 1.55. The van der Waals surface area contributed by atoms with Gasteiger partial charge in [0, 0.05) is 12.1 Å². The third-order valence-corrected chi connectivity index (χ3v) is 2.64. The van der Waals surface area contributed by atoms with E-state index < -0.39 is 0 Å². The van der Waals surface area contributed by atoms with Gasteiger partial charge in [-0.2, -0.15) is 0 Å². The first-order valence-corrected chi connectivity index (χ1v) is 5.19. The molecule has 1 aliphatic heterocycles. The Morgan fingerprint density at radius 2 is 2.13 bits per heavy atom. The largest absolute Gasteiger partial charge is 0.378 e. The lowest BCUT2D eigenvalue weighted by Gasteiger charge is -2.24. The van der Waals surface area contributed by atoms with Gasteiger partial charge in [0.1, 0.15) is 0 Å². The SMILES string of the molecule is CC(=O)c1ccc(C2COCCN2)cc1. The maximum atomic E-state index is 11.1. The van der Waals surface area contributed by atoms with Crippen molar-refractivity contribution in [2.75, 3.05) is 19.8 Å². The Morgan fingerprint density at radius 1 is 1.40 bits per heavy atom. The lowest BCUT2D eigenvalue weighted by molar-refractivity contribution is 0.0769. The van der Waals surface area contributed by atoms with Crippen molar-refractivity contribution in [2.45, 2.75) is 13.0 Å². The van der Waals surface area contributed by atoms with Crippen LogP contribution in [0.4, 0.5) is 0 Å². The summed E-state index contributed by atoms with van der Waals surface area (Å²) in [6.45, 7) is 3.96. The van der Waals surface area contributed by atoms with Crippen LogP contribution in [-0.2, 0) is 4.74 Å². The van der Waals surface area contributed by atoms with Crippen LogP contribution in [0.1, 0.15) is 28.9 Å². The van der Waals surface area contributed by atoms with Gasteiger partial charge in [-0.15, -0.1) is 0 Å². The minimum absolute atomic E-state index is 0.106. The fourth-order valence-electron chi connectivity index (χ4n) is 1.73. The van der Waals surface area contributed by atoms with Crippen molar-refractivity contribution in [1.29, 1.82) is 0 Å². The third kappa shape index (κ3) is 2.43. The second-order valence-corrected chi connectivity index (χ2v) is 3.76. The average Bonchev–Trinajstić information content (AvgIpc) is 2.30. The standard InChI is InChI=1S/C12H15NO2/c1-9(14)10-2-4-11(5-3-10)12-8-15-7-6-13-12/h2-5,12-13H,6-8H2,1H3. The zero-order valence-corrected chi connectivity index (χ0v) is 8.82. The van der Waals surface area contributed by atoms with E-state index in [9.17, 15) is 4.79 Å². The fraction of sp³-hybridized carbons (Fsp3) is 0.417. The first-order chi connectivity index (χ1) is 7.27. The lowest BCUT2D eigenvalue weighted by Crippen LogP contribution is -2.34. The second-order valence-electron chi connectivity index (χ2n) is 3.76. The van der Waals surface area contributed by atoms with Crippen LogP contribution in [0.2, 0.25) is 0 Å². The van der Waals surface area contributed by atoms with E-state index in [0.717, 1.165) is 18.7 Å². The first-order valence-electron chi connectivity index (χ1n) is 5.19. The van der Waals surface area contributed by atoms with Crippen LogP contribution in [0.15, 0.2) is 24.3 Å². The van der Waals surface area contributed by atoms with Crippen LogP contribution in [0.25, 0.3) is 0 Å². The molecule has 3 nitrogen and oxygen atoms in total. The van der Waals surface area contributed by atoms with Crippen molar-refractivity contribution in [2.24, 2.45) is 0 Å². The Balaban J connectivity index is 2.11. The number of morpholine rings is 1. The fourth-order valence-corrected chi connectivity index (χ4v) is 1.73. The van der Waals surface area contributed by atoms with Gasteiger partial charge < -0.3 is 10.1 Å². The van der Waals surface area contributed by atoms with E-state index in [2.05, 4.69) is 5.32 Å². The maximum Gasteiger partial charge on any atom is 0.159 e. The molecule has 0 spiro atoms. The number of ketones is 1. The number of hydrogen-bond donors (Lipinski definition) is 1. The molecule has 1 atom stereocenters. The molecule has 80 valence electrons. The van der Waals surface area contributed by atoms with Gasteiger partial charge in [-0.25, -0.2) is 0 Å². The summed E-state index contributed by atoms with van der Waals surface area (Å²) in [7, 11) is 0. The van der Waals surface area contributed by atoms with Crippen molar-refractivity contribution in [3.63, 3.8) is 0 Å². The number of benzene rings is 1. The molecule has 0 amide bonds. The Kier molecular flexibility index (Phi) is 3.14. The van der Waals surface area contributed by atoms with Gasteiger partial charge >= 0.3 is 0 Å². The molecular formula is C12H15NO2. The smallest absolute Gasteiger partial charge is 0.159 e. The summed E-state index contributed by atoms with van der Waals surface area (Å²) < 4.78 is 5.38. The van der Waals surface area contributed by atoms with Gasteiger partial charge in [-0.1, -0.05) is 24.3 Å². The van der Waals surface area contributed by atoms with Crippen LogP contribution in [0, 0.1) is 0 Å². The number of nitrogens with one attached hydrogen (secondary N) is 1. The van der Waals surface area contributed by atoms with Gasteiger partial charge in [0.05, 0.1) is 19.3 Å². The second kappa shape index (κ2) is 4.55. The Bertz CT molecular complexity index is 339. The van der Waals surface area contributed by atoms with Crippen molar-refractivity contribution >= 4 is 5.78 Å². The van der Waals surface area contributed by atoms with Crippen LogP contribution in [-0.4, -0.2) is 25.5 Å². The summed E-state index contributed by atoms with van der Waals surface area (Å²) in [6.07, 6.45) is 0. The number of Topliss-reactive ketones (excluding diaryl/α,β-unsaturated/α-hetero) is 1. The minimum atomic E-state index is 0.106. The zero-order chi connectivity index (χ0) is 10.7. The molecule has 3 heteroatoms. The molecule has 0 aliphatic carbocycles. The highest BCUT2D eigenvalue weighted by atomic mass is 16.5. The van der Waals surface area contributed by atoms with Crippen LogP contribution >= 0.6 is 0 Å². The van der Waals surface area contributed by atoms with E-state index in [-0.39, 0.29) is 11.8 Å². The minimum Gasteiger partial charge on any atom is -0.378 e. The number of ether oxygens (including phenoxy) is 1. The molecule has 1 saturated heterocycles. The molecule has 0 saturated carbocycles. The quantitative estimate of drug-likeness (QED) is 0.744. The van der Waals surface area contributed by atoms with Gasteiger partial charge in [-0.3, -0.25) is 4.79 Å². The molecular weight excluding hydrogens is 190 g/mol. The average molecular weight is 205 g/mol. The zero-order valence-electron chi connectivity index (χ0n) is 8.82. The van der Waals surface area contributed by atoms with E-state index in [1.807, 2.05) is 24.3 Å². The summed E-state index contributed by atoms with van der Waals surface area (Å²) in [5.41, 5.74) is 1.94. The van der Waals surface area contributed by atoms with Crippen LogP contribution < -0.4 is 5.32 Å². The molecule has 1 heterocycles. The number of carbonyl (C=O) groups is 1. The van der Waals surface area contributed by atoms with Crippen LogP contribution in [0.3, 0.4) is 0 Å². The Morgan fingerprint density at radius 3 is 2.67 bits per heavy atom. The van der Waals surface area contributed by atoms with Gasteiger partial charge in [0.2, 0.25) is 0 Å². The Hall–Kier alpha value is -1.19. The van der Waals surface area contributed by atoms with E-state index in [1.165, 1.54) is 5.56 Å². The maximum absolute atomic E-state index is 11.1. The van der Waals surface area contributed by atoms with E-state index in [1.54, 1.807) is 6.92 Å². The highest BCUT2D eigenvalue weighted by Crippen LogP contribution is 2.16. The van der Waals surface area contributed by atoms with Gasteiger partial charge in [0.25, 0.3) is 0 Å². The number of carbonyl (C=O) groups excluding carboxylic acids is 1. The summed E-state index contributed by atoms with van der Waals surface area (Å²) in [6, 6.07) is 7.98. The van der Waals surface area contributed by atoms with Gasteiger partial charge in [0.15, 0.2) is 5.78 Å². The molecule has 1 aliphatic rings. The van der Waals surface area contributed by atoms with Crippen LogP contribution in [0.5, 0.6) is 0 Å². The lowest BCUT2D eigenvalue weighted by atomic mass is 10.0. The molecule has 1 aromatic rings. The van der Waals surface area contributed by atoms with Crippen molar-refractivity contribution < 1.29 is 9.53 Å². The summed E-state index contributed by atoms with van der Waals surface area (Å²) >= 11 is 0. The molecule has 1 aromatic carbocycles. The van der Waals surface area contributed by atoms with Crippen molar-refractivity contribution in [3.05, 3.63) is 35.4 Å². The summed E-state index contributed by atoms with van der Waals surface area (Å²) in [5, 5.41) is 3.37. The number of rotatable bonds is 2. The normalized spacial score (nSPS) is 21.3. The molecule has 1 unspecified atom stereocenters. The number of hydrogen-bond acceptors (Lipinski definition) is 3. The van der Waals surface area contributed by atoms with E-state index >= 15 is 0 Å². The van der Waals surface area contributed by atoms with E-state index in [0.29, 0.717) is 6.61 Å². The summed E-state index contributed by atoms with van der Waals surface area (Å²) in [5.74, 6) is 0.106. The van der Waals surface area contributed by atoms with Crippen molar-refractivity contribution in [3.8, 4) is 0 Å². The van der Waals surface area contributed by atoms with Gasteiger partial charge in [-0.05, 0) is 12.5 Å². The monoisotopic (exact) mass is 205 g/mol. The van der Waals surface area contributed by atoms with E-state index in [4.69, 9.17) is 4.74 Å². The highest BCUT2D eigenvalue weighted by Gasteiger charge is 2.14. The molecule has 0 bridgehead atoms. The first kappa shape index (κ1) is 10.3. The third-order valence-electron chi connectivity index (χ3n) is 2.64.